The molecule has 1 aliphatic carbocycles. The summed E-state index contributed by atoms with van der Waals surface area (Å²) in [6.07, 6.45) is 4.99. The van der Waals surface area contributed by atoms with Crippen LogP contribution in [-0.4, -0.2) is 32.2 Å². The number of hydrogen-bond acceptors (Lipinski definition) is 4. The lowest BCUT2D eigenvalue weighted by Crippen LogP contribution is -2.04. The van der Waals surface area contributed by atoms with Gasteiger partial charge in [-0.15, -0.1) is 0 Å². The van der Waals surface area contributed by atoms with Crippen LogP contribution in [0.25, 0.3) is 22.6 Å². The Kier molecular flexibility index (Phi) is 4.54. The van der Waals surface area contributed by atoms with Crippen molar-refractivity contribution in [2.24, 2.45) is 13.0 Å². The van der Waals surface area contributed by atoms with E-state index in [4.69, 9.17) is 4.74 Å². The van der Waals surface area contributed by atoms with E-state index in [9.17, 15) is 18.7 Å². The maximum Gasteiger partial charge on any atom is 0.335 e. The summed E-state index contributed by atoms with van der Waals surface area (Å²) in [5, 5.41) is 9.22. The second-order valence-corrected chi connectivity index (χ2v) is 6.80. The zero-order chi connectivity index (χ0) is 19.8. The van der Waals surface area contributed by atoms with E-state index in [1.54, 1.807) is 11.6 Å². The van der Waals surface area contributed by atoms with Crippen molar-refractivity contribution in [3.05, 3.63) is 54.0 Å². The molecule has 144 valence electrons. The second kappa shape index (κ2) is 7.03. The van der Waals surface area contributed by atoms with Crippen molar-refractivity contribution in [1.82, 2.24) is 14.5 Å². The molecular formula is C20H17F2N3O3. The molecule has 2 aromatic heterocycles. The molecule has 0 unspecified atom stereocenters. The van der Waals surface area contributed by atoms with Crippen molar-refractivity contribution in [3.63, 3.8) is 0 Å². The average Bonchev–Trinajstić information content (AvgIpc) is 3.43. The van der Waals surface area contributed by atoms with Crippen LogP contribution in [0.1, 0.15) is 23.2 Å². The van der Waals surface area contributed by atoms with Crippen molar-refractivity contribution < 1.29 is 23.4 Å². The van der Waals surface area contributed by atoms with Crippen LogP contribution in [0, 0.1) is 17.6 Å². The Labute approximate surface area is 159 Å². The number of nitrogens with zero attached hydrogens (tertiary/aromatic N) is 3. The molecule has 2 heterocycles. The van der Waals surface area contributed by atoms with Gasteiger partial charge in [-0.2, -0.15) is 0 Å². The van der Waals surface area contributed by atoms with Crippen LogP contribution < -0.4 is 4.74 Å². The molecule has 1 fully saturated rings. The normalized spacial score (nSPS) is 13.5. The second-order valence-electron chi connectivity index (χ2n) is 6.80. The molecule has 0 amide bonds. The Morgan fingerprint density at radius 3 is 2.71 bits per heavy atom. The molecule has 3 aromatic rings. The third-order valence-electron chi connectivity index (χ3n) is 4.64. The van der Waals surface area contributed by atoms with Gasteiger partial charge in [-0.25, -0.2) is 18.6 Å². The van der Waals surface area contributed by atoms with Crippen LogP contribution in [0.5, 0.6) is 5.75 Å². The molecule has 6 nitrogen and oxygen atoms in total. The number of halogens is 2. The molecule has 4 rings (SSSR count). The number of imidazole rings is 1. The van der Waals surface area contributed by atoms with Crippen molar-refractivity contribution in [2.45, 2.75) is 12.8 Å². The first kappa shape index (κ1) is 18.1. The molecule has 0 aliphatic heterocycles. The fourth-order valence-corrected chi connectivity index (χ4v) is 2.95. The summed E-state index contributed by atoms with van der Waals surface area (Å²) in [7, 11) is 1.71. The highest BCUT2D eigenvalue weighted by molar-refractivity contribution is 5.89. The lowest BCUT2D eigenvalue weighted by Gasteiger charge is -2.14. The van der Waals surface area contributed by atoms with Gasteiger partial charge in [-0.3, -0.25) is 4.98 Å². The number of carbonyl (C=O) groups is 1. The van der Waals surface area contributed by atoms with Gasteiger partial charge in [0.2, 0.25) is 0 Å². The highest BCUT2D eigenvalue weighted by atomic mass is 19.2. The number of aryl methyl sites for hydroxylation is 1. The summed E-state index contributed by atoms with van der Waals surface area (Å²) in [6.45, 7) is 0.429. The van der Waals surface area contributed by atoms with Gasteiger partial charge in [-0.05, 0) is 37.0 Å². The molecule has 28 heavy (non-hydrogen) atoms. The number of pyridine rings is 1. The van der Waals surface area contributed by atoms with Gasteiger partial charge in [0.25, 0.3) is 0 Å². The van der Waals surface area contributed by atoms with E-state index in [-0.39, 0.29) is 11.3 Å². The third-order valence-corrected chi connectivity index (χ3v) is 4.64. The molecule has 0 bridgehead atoms. The van der Waals surface area contributed by atoms with Crippen LogP contribution in [0.15, 0.2) is 36.8 Å². The Hall–Kier alpha value is -3.29. The molecule has 1 aromatic carbocycles. The number of benzene rings is 1. The molecule has 0 spiro atoms. The van der Waals surface area contributed by atoms with Crippen molar-refractivity contribution >= 4 is 5.97 Å². The fraction of sp³-hybridized carbons (Fsp3) is 0.250. The van der Waals surface area contributed by atoms with E-state index in [1.807, 2.05) is 0 Å². The van der Waals surface area contributed by atoms with Crippen LogP contribution in [0.4, 0.5) is 8.78 Å². The van der Waals surface area contributed by atoms with Gasteiger partial charge < -0.3 is 14.4 Å². The smallest absolute Gasteiger partial charge is 0.335 e. The summed E-state index contributed by atoms with van der Waals surface area (Å²) in [5.74, 6) is -2.45. The Bertz CT molecular complexity index is 1060. The highest BCUT2D eigenvalue weighted by Gasteiger charge is 2.25. The van der Waals surface area contributed by atoms with Crippen molar-refractivity contribution in [1.29, 1.82) is 0 Å². The van der Waals surface area contributed by atoms with Crippen molar-refractivity contribution in [3.8, 4) is 28.4 Å². The van der Waals surface area contributed by atoms with E-state index in [2.05, 4.69) is 9.97 Å². The summed E-state index contributed by atoms with van der Waals surface area (Å²) in [6, 6.07) is 4.86. The number of aromatic nitrogens is 3. The lowest BCUT2D eigenvalue weighted by atomic mass is 10.1. The summed E-state index contributed by atoms with van der Waals surface area (Å²) < 4.78 is 35.3. The minimum Gasteiger partial charge on any atom is -0.492 e. The first-order chi connectivity index (χ1) is 13.4. The van der Waals surface area contributed by atoms with Gasteiger partial charge in [0.15, 0.2) is 11.6 Å². The highest BCUT2D eigenvalue weighted by Crippen LogP contribution is 2.38. The first-order valence-corrected chi connectivity index (χ1v) is 8.77. The zero-order valence-electron chi connectivity index (χ0n) is 15.0. The van der Waals surface area contributed by atoms with E-state index >= 15 is 0 Å². The standard InChI is InChI=1S/C20H17F2N3O3/c1-25-10-24-18(16-6-12(20(26)27)4-5-23-16)19(25)13-7-14(21)15(22)8-17(13)28-9-11-2-3-11/h4-8,10-11H,2-3,9H2,1H3,(H,26,27). The molecule has 8 heteroatoms. The molecule has 0 saturated heterocycles. The number of ether oxygens (including phenoxy) is 1. The number of rotatable bonds is 6. The van der Waals surface area contributed by atoms with E-state index in [0.29, 0.717) is 35.2 Å². The minimum atomic E-state index is -1.09. The molecule has 1 aliphatic rings. The monoisotopic (exact) mass is 385 g/mol. The topological polar surface area (TPSA) is 77.2 Å². The summed E-state index contributed by atoms with van der Waals surface area (Å²) >= 11 is 0. The maximum absolute atomic E-state index is 14.0. The number of hydrogen-bond donors (Lipinski definition) is 1. The van der Waals surface area contributed by atoms with E-state index in [1.165, 1.54) is 24.7 Å². The largest absolute Gasteiger partial charge is 0.492 e. The number of carboxylic acid groups (broad SMARTS) is 1. The van der Waals surface area contributed by atoms with E-state index < -0.39 is 17.6 Å². The van der Waals surface area contributed by atoms with Crippen LogP contribution >= 0.6 is 0 Å². The number of aromatic carboxylic acids is 1. The predicted molar refractivity (Wildman–Crippen MR) is 97.0 cm³/mol. The molecule has 1 saturated carbocycles. The average molecular weight is 385 g/mol. The molecule has 0 atom stereocenters. The van der Waals surface area contributed by atoms with Crippen LogP contribution in [0.2, 0.25) is 0 Å². The first-order valence-electron chi connectivity index (χ1n) is 8.77. The molecule has 0 radical (unpaired) electrons. The SMILES string of the molecule is Cn1cnc(-c2cc(C(=O)O)ccn2)c1-c1cc(F)c(F)cc1OCC1CC1. The van der Waals surface area contributed by atoms with Gasteiger partial charge in [0.1, 0.15) is 11.4 Å². The van der Waals surface area contributed by atoms with Gasteiger partial charge >= 0.3 is 5.97 Å². The van der Waals surface area contributed by atoms with Crippen LogP contribution in [-0.2, 0) is 7.05 Å². The van der Waals surface area contributed by atoms with Crippen molar-refractivity contribution in [2.75, 3.05) is 6.61 Å². The summed E-state index contributed by atoms with van der Waals surface area (Å²) in [4.78, 5) is 19.8. The zero-order valence-corrected chi connectivity index (χ0v) is 15.0. The summed E-state index contributed by atoms with van der Waals surface area (Å²) in [5.41, 5.74) is 1.51. The predicted octanol–water partition coefficient (Wildman–Crippen LogP) is 3.91. The Morgan fingerprint density at radius 1 is 1.25 bits per heavy atom. The van der Waals surface area contributed by atoms with Gasteiger partial charge in [0.05, 0.1) is 29.9 Å². The maximum atomic E-state index is 14.0. The number of carboxylic acids is 1. The Balaban J connectivity index is 1.84. The van der Waals surface area contributed by atoms with Crippen LogP contribution in [0.3, 0.4) is 0 Å². The van der Waals surface area contributed by atoms with Gasteiger partial charge in [0, 0.05) is 24.9 Å². The Morgan fingerprint density at radius 2 is 2.00 bits per heavy atom. The minimum absolute atomic E-state index is 0.0529. The fourth-order valence-electron chi connectivity index (χ4n) is 2.95. The third kappa shape index (κ3) is 3.45. The van der Waals surface area contributed by atoms with E-state index in [0.717, 1.165) is 25.0 Å². The molecule has 1 N–H and O–H groups in total. The lowest BCUT2D eigenvalue weighted by molar-refractivity contribution is 0.0697. The molecular weight excluding hydrogens is 368 g/mol. The quantitative estimate of drug-likeness (QED) is 0.696. The van der Waals surface area contributed by atoms with Gasteiger partial charge in [-0.1, -0.05) is 0 Å².